The summed E-state index contributed by atoms with van der Waals surface area (Å²) in [4.78, 5) is 0. The maximum Gasteiger partial charge on any atom is -1.00 e. The van der Waals surface area contributed by atoms with E-state index in [1.807, 2.05) is 0 Å². The molecule has 2 aliphatic rings. The molecule has 0 spiro atoms. The quantitative estimate of drug-likeness (QED) is 0.263. The normalized spacial score (nSPS) is 17.3. The Bertz CT molecular complexity index is 1330. The van der Waals surface area contributed by atoms with E-state index >= 15 is 0 Å². The second-order valence-corrected chi connectivity index (χ2v) is 13.3. The van der Waals surface area contributed by atoms with E-state index in [0.29, 0.717) is 8.45 Å². The van der Waals surface area contributed by atoms with E-state index in [2.05, 4.69) is 128 Å². The Balaban J connectivity index is 0.00000144. The monoisotopic (exact) mass is 546 g/mol. The standard InChI is InChI=1S/C21H16P.C10H9.2ClH.Ti/c1-3-11-19(12-4-1)22(20-13-5-2-6-14-20)21-15-17-9-7-8-10-18(17)16-21;1-8-6-9-4-2-3-5-10(9)7-8;;;/h1-16H;2-7H,1H3;2*1H;/q;;;;+2/p-2. The number of benzene rings is 4. The molecule has 0 N–H and O–H groups in total. The van der Waals surface area contributed by atoms with Gasteiger partial charge in [-0.2, -0.15) is 0 Å². The first-order valence-corrected chi connectivity index (χ1v) is 14.7. The van der Waals surface area contributed by atoms with Gasteiger partial charge in [0.25, 0.3) is 0 Å². The van der Waals surface area contributed by atoms with Gasteiger partial charge in [0.15, 0.2) is 0 Å². The molecule has 0 radical (unpaired) electrons. The summed E-state index contributed by atoms with van der Waals surface area (Å²) in [6.45, 7) is 2.34. The Morgan fingerprint density at radius 3 is 1.57 bits per heavy atom. The molecule has 2 atom stereocenters. The van der Waals surface area contributed by atoms with Gasteiger partial charge in [0.05, 0.1) is 0 Å². The molecule has 0 fully saturated rings. The van der Waals surface area contributed by atoms with Crippen molar-refractivity contribution in [1.82, 2.24) is 0 Å². The molecular formula is C31H25Cl2PTi. The number of rotatable bonds is 5. The Hall–Kier alpha value is -1.92. The third-order valence-corrected chi connectivity index (χ3v) is 12.8. The van der Waals surface area contributed by atoms with E-state index < -0.39 is 7.92 Å². The minimum Gasteiger partial charge on any atom is -1.00 e. The van der Waals surface area contributed by atoms with Crippen LogP contribution in [-0.4, -0.2) is 0 Å². The molecule has 0 nitrogen and oxygen atoms in total. The van der Waals surface area contributed by atoms with Gasteiger partial charge in [-0.1, -0.05) is 0 Å². The Morgan fingerprint density at radius 1 is 0.543 bits per heavy atom. The fraction of sp³-hybridized carbons (Fsp3) is 0.0968. The summed E-state index contributed by atoms with van der Waals surface area (Å²) in [5.74, 6) is 0. The fourth-order valence-corrected chi connectivity index (χ4v) is 11.4. The van der Waals surface area contributed by atoms with E-state index in [0.717, 1.165) is 0 Å². The summed E-state index contributed by atoms with van der Waals surface area (Å²) < 4.78 is 1.15. The van der Waals surface area contributed by atoms with Gasteiger partial charge in [-0.25, -0.2) is 0 Å². The van der Waals surface area contributed by atoms with E-state index in [1.165, 1.54) is 21.7 Å². The predicted molar refractivity (Wildman–Crippen MR) is 139 cm³/mol. The van der Waals surface area contributed by atoms with E-state index in [-0.39, 0.29) is 44.0 Å². The average Bonchev–Trinajstić information content (AvgIpc) is 3.38. The molecule has 172 valence electrons. The molecule has 0 bridgehead atoms. The van der Waals surface area contributed by atoms with Gasteiger partial charge in [0.1, 0.15) is 0 Å². The van der Waals surface area contributed by atoms with Crippen LogP contribution in [-0.2, 0) is 19.2 Å². The summed E-state index contributed by atoms with van der Waals surface area (Å²) in [5, 5.41) is 4.54. The maximum atomic E-state index is 2.54. The third kappa shape index (κ3) is 5.02. The van der Waals surface area contributed by atoms with Crippen LogP contribution in [0.1, 0.15) is 37.6 Å². The Labute approximate surface area is 231 Å². The van der Waals surface area contributed by atoms with E-state index in [4.69, 9.17) is 0 Å². The van der Waals surface area contributed by atoms with Crippen molar-refractivity contribution in [3.63, 3.8) is 0 Å². The van der Waals surface area contributed by atoms with Gasteiger partial charge in [0.2, 0.25) is 0 Å². The van der Waals surface area contributed by atoms with Crippen molar-refractivity contribution >= 4 is 30.7 Å². The molecule has 2 aliphatic carbocycles. The molecule has 0 amide bonds. The average molecular weight is 547 g/mol. The van der Waals surface area contributed by atoms with Gasteiger partial charge in [-0.15, -0.1) is 0 Å². The van der Waals surface area contributed by atoms with Crippen LogP contribution in [0.5, 0.6) is 0 Å². The maximum absolute atomic E-state index is 2.54. The first kappa shape index (κ1) is 26.2. The van der Waals surface area contributed by atoms with Crippen molar-refractivity contribution in [2.24, 2.45) is 0 Å². The number of halogens is 2. The van der Waals surface area contributed by atoms with Crippen LogP contribution in [0, 0.1) is 0 Å². The van der Waals surface area contributed by atoms with Crippen LogP contribution in [0.4, 0.5) is 0 Å². The Morgan fingerprint density at radius 2 is 1.00 bits per heavy atom. The van der Waals surface area contributed by atoms with Gasteiger partial charge >= 0.3 is 208 Å². The van der Waals surface area contributed by atoms with Crippen molar-refractivity contribution < 1.29 is 44.0 Å². The van der Waals surface area contributed by atoms with Crippen LogP contribution in [0.25, 0.3) is 12.2 Å². The zero-order chi connectivity index (χ0) is 22.2. The molecular weight excluding hydrogens is 522 g/mol. The second-order valence-electron chi connectivity index (χ2n) is 8.75. The smallest absolute Gasteiger partial charge is 1.00 e. The molecule has 0 aromatic heterocycles. The first-order valence-electron chi connectivity index (χ1n) is 11.5. The second kappa shape index (κ2) is 11.4. The van der Waals surface area contributed by atoms with Crippen LogP contribution >= 0.6 is 7.92 Å². The SMILES string of the molecule is CC1=Cc2ccccc2[CH]1[Ti+2][CH]1C(P(c2ccccc2)c2ccccc2)=Cc2ccccc21.[Cl-].[Cl-]. The van der Waals surface area contributed by atoms with E-state index in [1.54, 1.807) is 22.0 Å². The largest absolute Gasteiger partial charge is 1.00 e. The number of allylic oxidation sites excluding steroid dienone is 2. The summed E-state index contributed by atoms with van der Waals surface area (Å²) >= 11 is -0.356. The van der Waals surface area contributed by atoms with Crippen LogP contribution in [0.2, 0.25) is 0 Å². The van der Waals surface area contributed by atoms with Crippen molar-refractivity contribution in [2.75, 3.05) is 0 Å². The zero-order valence-electron chi connectivity index (χ0n) is 19.4. The molecule has 4 aromatic rings. The molecule has 6 rings (SSSR count). The van der Waals surface area contributed by atoms with E-state index in [9.17, 15) is 0 Å². The molecule has 0 aliphatic heterocycles. The zero-order valence-corrected chi connectivity index (χ0v) is 23.4. The molecule has 0 saturated carbocycles. The minimum absolute atomic E-state index is 0. The molecule has 0 heterocycles. The summed E-state index contributed by atoms with van der Waals surface area (Å²) in [5.41, 5.74) is 7.48. The molecule has 2 unspecified atom stereocenters. The van der Waals surface area contributed by atoms with Crippen LogP contribution in [0.15, 0.2) is 120 Å². The van der Waals surface area contributed by atoms with Gasteiger partial charge in [0, 0.05) is 0 Å². The van der Waals surface area contributed by atoms with Crippen molar-refractivity contribution in [2.45, 2.75) is 15.4 Å². The van der Waals surface area contributed by atoms with Crippen LogP contribution in [0.3, 0.4) is 0 Å². The topological polar surface area (TPSA) is 0 Å². The summed E-state index contributed by atoms with van der Waals surface area (Å²) in [6, 6.07) is 40.5. The number of hydrogen-bond donors (Lipinski definition) is 0. The molecule has 4 heteroatoms. The molecule has 35 heavy (non-hydrogen) atoms. The number of hydrogen-bond acceptors (Lipinski definition) is 0. The van der Waals surface area contributed by atoms with Crippen LogP contribution < -0.4 is 35.4 Å². The Kier molecular flexibility index (Phi) is 8.54. The van der Waals surface area contributed by atoms with Gasteiger partial charge in [-0.05, 0) is 0 Å². The molecule has 4 aromatic carbocycles. The van der Waals surface area contributed by atoms with Gasteiger partial charge in [-0.3, -0.25) is 0 Å². The molecule has 0 saturated heterocycles. The van der Waals surface area contributed by atoms with Crippen molar-refractivity contribution in [3.05, 3.63) is 142 Å². The van der Waals surface area contributed by atoms with Crippen molar-refractivity contribution in [1.29, 1.82) is 0 Å². The third-order valence-electron chi connectivity index (χ3n) is 6.67. The minimum atomic E-state index is -0.567. The first-order chi connectivity index (χ1) is 16.3. The van der Waals surface area contributed by atoms with Gasteiger partial charge < -0.3 is 24.8 Å². The fourth-order valence-electron chi connectivity index (χ4n) is 5.14. The summed E-state index contributed by atoms with van der Waals surface area (Å²) in [7, 11) is -0.567. The predicted octanol–water partition coefficient (Wildman–Crippen LogP) is 1.46. The van der Waals surface area contributed by atoms with Crippen molar-refractivity contribution in [3.8, 4) is 0 Å². The number of fused-ring (bicyclic) bond motifs is 2. The summed E-state index contributed by atoms with van der Waals surface area (Å²) in [6.07, 6.45) is 4.96.